The van der Waals surface area contributed by atoms with Crippen LogP contribution in [-0.4, -0.2) is 9.97 Å². The van der Waals surface area contributed by atoms with Crippen LogP contribution in [0.4, 0.5) is 5.82 Å². The molecule has 0 aliphatic carbocycles. The minimum absolute atomic E-state index is 0.348. The number of aromatic nitrogens is 2. The van der Waals surface area contributed by atoms with Crippen molar-refractivity contribution in [2.75, 3.05) is 0 Å². The summed E-state index contributed by atoms with van der Waals surface area (Å²) in [7, 11) is -0.447. The van der Waals surface area contributed by atoms with Crippen LogP contribution in [-0.2, 0) is 10.7 Å². The number of benzene rings is 2. The van der Waals surface area contributed by atoms with Crippen LogP contribution in [0.2, 0.25) is 5.15 Å². The molecular weight excluding hydrogens is 302 g/mol. The van der Waals surface area contributed by atoms with Crippen LogP contribution in [0.1, 0.15) is 0 Å². The van der Waals surface area contributed by atoms with Gasteiger partial charge in [-0.05, 0) is 35.0 Å². The van der Waals surface area contributed by atoms with Gasteiger partial charge in [-0.2, -0.15) is 4.36 Å². The number of halogens is 1. The van der Waals surface area contributed by atoms with E-state index in [1.165, 1.54) is 6.20 Å². The molecule has 0 amide bonds. The number of hydrogen-bond acceptors (Lipinski definition) is 3. The molecule has 1 heterocycles. The first-order valence-corrected chi connectivity index (χ1v) is 7.93. The number of nitrogens with zero attached hydrogens (tertiary/aromatic N) is 3. The van der Waals surface area contributed by atoms with Gasteiger partial charge in [0.15, 0.2) is 5.82 Å². The fourth-order valence-corrected chi connectivity index (χ4v) is 3.54. The standard InChI is InChI=1S/C16H12ClN3S/c17-15-11-18-12-16(19-15)20-21(13-7-3-1-4-8-13)14-9-5-2-6-10-14/h1-12H. The Morgan fingerprint density at radius 1 is 0.810 bits per heavy atom. The lowest BCUT2D eigenvalue weighted by molar-refractivity contribution is 1.18. The predicted molar refractivity (Wildman–Crippen MR) is 85.9 cm³/mol. The highest BCUT2D eigenvalue weighted by molar-refractivity contribution is 7.87. The van der Waals surface area contributed by atoms with E-state index in [0.717, 1.165) is 9.79 Å². The number of rotatable bonds is 3. The molecule has 2 aromatic carbocycles. The lowest BCUT2D eigenvalue weighted by Gasteiger charge is -2.08. The molecule has 0 fully saturated rings. The summed E-state index contributed by atoms with van der Waals surface area (Å²) in [6, 6.07) is 20.3. The van der Waals surface area contributed by atoms with Gasteiger partial charge in [0.25, 0.3) is 0 Å². The SMILES string of the molecule is Clc1cncc(N=S(c2ccccc2)c2ccccc2)n1. The van der Waals surface area contributed by atoms with E-state index in [4.69, 9.17) is 16.0 Å². The van der Waals surface area contributed by atoms with E-state index >= 15 is 0 Å². The molecule has 5 heteroatoms. The fourth-order valence-electron chi connectivity index (χ4n) is 1.81. The Balaban J connectivity index is 2.13. The van der Waals surface area contributed by atoms with Crippen LogP contribution in [0.25, 0.3) is 0 Å². The third-order valence-electron chi connectivity index (χ3n) is 2.71. The Morgan fingerprint density at radius 2 is 1.38 bits per heavy atom. The van der Waals surface area contributed by atoms with Crippen molar-refractivity contribution in [2.24, 2.45) is 4.36 Å². The first-order chi connectivity index (χ1) is 10.3. The van der Waals surface area contributed by atoms with Crippen LogP contribution >= 0.6 is 11.6 Å². The molecule has 1 aromatic heterocycles. The van der Waals surface area contributed by atoms with Crippen molar-refractivity contribution < 1.29 is 0 Å². The van der Waals surface area contributed by atoms with Gasteiger partial charge in [0, 0.05) is 9.79 Å². The monoisotopic (exact) mass is 313 g/mol. The van der Waals surface area contributed by atoms with Crippen LogP contribution < -0.4 is 0 Å². The van der Waals surface area contributed by atoms with Crippen molar-refractivity contribution in [3.05, 3.63) is 78.2 Å². The molecule has 0 bridgehead atoms. The molecule has 3 rings (SSSR count). The second kappa shape index (κ2) is 6.61. The van der Waals surface area contributed by atoms with Gasteiger partial charge in [-0.25, -0.2) is 4.98 Å². The topological polar surface area (TPSA) is 38.1 Å². The summed E-state index contributed by atoms with van der Waals surface area (Å²) >= 11 is 5.89. The van der Waals surface area contributed by atoms with Crippen LogP contribution in [0, 0.1) is 0 Å². The highest BCUT2D eigenvalue weighted by Crippen LogP contribution is 2.22. The minimum atomic E-state index is -0.447. The molecule has 0 radical (unpaired) electrons. The Bertz CT molecular complexity index is 719. The first kappa shape index (κ1) is 13.9. The summed E-state index contributed by atoms with van der Waals surface area (Å²) in [5.41, 5.74) is 0. The summed E-state index contributed by atoms with van der Waals surface area (Å²) in [4.78, 5) is 10.5. The van der Waals surface area contributed by atoms with Crippen LogP contribution in [0.15, 0.2) is 87.2 Å². The van der Waals surface area contributed by atoms with Crippen molar-refractivity contribution in [1.82, 2.24) is 9.97 Å². The normalized spacial score (nSPS) is 10.6. The summed E-state index contributed by atoms with van der Waals surface area (Å²) < 4.78 is 4.73. The minimum Gasteiger partial charge on any atom is -0.258 e. The van der Waals surface area contributed by atoms with Gasteiger partial charge in [0.05, 0.1) is 12.4 Å². The lowest BCUT2D eigenvalue weighted by Crippen LogP contribution is -1.93. The van der Waals surface area contributed by atoms with Gasteiger partial charge in [-0.3, -0.25) is 4.98 Å². The molecule has 0 unspecified atom stereocenters. The van der Waals surface area contributed by atoms with E-state index in [0.29, 0.717) is 11.0 Å². The molecule has 0 aliphatic rings. The molecule has 3 nitrogen and oxygen atoms in total. The first-order valence-electron chi connectivity index (χ1n) is 6.37. The summed E-state index contributed by atoms with van der Waals surface area (Å²) in [5, 5.41) is 0.348. The Morgan fingerprint density at radius 3 is 1.90 bits per heavy atom. The maximum atomic E-state index is 5.89. The van der Waals surface area contributed by atoms with E-state index in [2.05, 4.69) is 34.2 Å². The van der Waals surface area contributed by atoms with Crippen molar-refractivity contribution >= 4 is 28.1 Å². The molecule has 0 saturated heterocycles. The average molecular weight is 314 g/mol. The smallest absolute Gasteiger partial charge is 0.179 e. The Kier molecular flexibility index (Phi) is 4.38. The maximum absolute atomic E-state index is 5.89. The van der Waals surface area contributed by atoms with Gasteiger partial charge >= 0.3 is 0 Å². The second-order valence-electron chi connectivity index (χ2n) is 4.20. The zero-order chi connectivity index (χ0) is 14.5. The van der Waals surface area contributed by atoms with Gasteiger partial charge in [-0.1, -0.05) is 48.0 Å². The largest absolute Gasteiger partial charge is 0.258 e. The average Bonchev–Trinajstić information content (AvgIpc) is 2.54. The van der Waals surface area contributed by atoms with Crippen LogP contribution in [0.5, 0.6) is 0 Å². The predicted octanol–water partition coefficient (Wildman–Crippen LogP) is 4.68. The van der Waals surface area contributed by atoms with E-state index in [1.54, 1.807) is 6.20 Å². The summed E-state index contributed by atoms with van der Waals surface area (Å²) in [6.45, 7) is 0. The van der Waals surface area contributed by atoms with Gasteiger partial charge in [-0.15, -0.1) is 0 Å². The highest BCUT2D eigenvalue weighted by Gasteiger charge is 2.06. The molecule has 0 N–H and O–H groups in total. The van der Waals surface area contributed by atoms with Gasteiger partial charge in [0.1, 0.15) is 5.15 Å². The van der Waals surface area contributed by atoms with Gasteiger partial charge < -0.3 is 0 Å². The lowest BCUT2D eigenvalue weighted by atomic mass is 10.4. The highest BCUT2D eigenvalue weighted by atomic mass is 35.5. The number of hydrogen-bond donors (Lipinski definition) is 0. The quantitative estimate of drug-likeness (QED) is 0.704. The Hall–Kier alpha value is -2.04. The van der Waals surface area contributed by atoms with E-state index in [1.807, 2.05) is 36.4 Å². The zero-order valence-corrected chi connectivity index (χ0v) is 12.6. The zero-order valence-electron chi connectivity index (χ0n) is 11.1. The van der Waals surface area contributed by atoms with Gasteiger partial charge in [0.2, 0.25) is 0 Å². The van der Waals surface area contributed by atoms with E-state index in [-0.39, 0.29) is 0 Å². The van der Waals surface area contributed by atoms with E-state index in [9.17, 15) is 0 Å². The third kappa shape index (κ3) is 3.54. The molecule has 0 atom stereocenters. The fraction of sp³-hybridized carbons (Fsp3) is 0. The van der Waals surface area contributed by atoms with Crippen molar-refractivity contribution in [3.63, 3.8) is 0 Å². The molecule has 0 saturated carbocycles. The van der Waals surface area contributed by atoms with Crippen LogP contribution in [0.3, 0.4) is 0 Å². The van der Waals surface area contributed by atoms with Crippen molar-refractivity contribution in [1.29, 1.82) is 0 Å². The Labute approximate surface area is 130 Å². The summed E-state index contributed by atoms with van der Waals surface area (Å²) in [5.74, 6) is 0.540. The van der Waals surface area contributed by atoms with E-state index < -0.39 is 10.7 Å². The molecule has 0 spiro atoms. The van der Waals surface area contributed by atoms with Crippen molar-refractivity contribution in [3.8, 4) is 0 Å². The molecule has 104 valence electrons. The molecular formula is C16H12ClN3S. The second-order valence-corrected chi connectivity index (χ2v) is 6.28. The molecule has 3 aromatic rings. The molecule has 0 aliphatic heterocycles. The third-order valence-corrected chi connectivity index (χ3v) is 4.70. The van der Waals surface area contributed by atoms with Crippen molar-refractivity contribution in [2.45, 2.75) is 9.79 Å². The summed E-state index contributed by atoms with van der Waals surface area (Å²) in [6.07, 6.45) is 3.13. The molecule has 21 heavy (non-hydrogen) atoms. The maximum Gasteiger partial charge on any atom is 0.179 e.